The molecule has 1 saturated carbocycles. The zero-order chi connectivity index (χ0) is 19.0. The number of hydrogen-bond acceptors (Lipinski definition) is 4. The second kappa shape index (κ2) is 7.12. The number of nitrogens with zero attached hydrogens (tertiary/aromatic N) is 1. The second-order valence-electron chi connectivity index (χ2n) is 6.61. The smallest absolute Gasteiger partial charge is 0.229 e. The predicted octanol–water partition coefficient (Wildman–Crippen LogP) is 5.01. The number of halogens is 1. The van der Waals surface area contributed by atoms with Crippen molar-refractivity contribution in [3.63, 3.8) is 0 Å². The Morgan fingerprint density at radius 2 is 1.96 bits per heavy atom. The molecule has 0 radical (unpaired) electrons. The first-order valence-electron chi connectivity index (χ1n) is 8.74. The monoisotopic (exact) mass is 382 g/mol. The van der Waals surface area contributed by atoms with Gasteiger partial charge in [0.1, 0.15) is 11.6 Å². The molecule has 1 fully saturated rings. The van der Waals surface area contributed by atoms with Gasteiger partial charge in [-0.15, -0.1) is 11.3 Å². The SMILES string of the molecule is COc1ccc(-c2nc(NC(=O)C3CC3c3ccccc3F)sc2C)cc1. The molecule has 1 amide bonds. The lowest BCUT2D eigenvalue weighted by Gasteiger charge is -2.03. The summed E-state index contributed by atoms with van der Waals surface area (Å²) < 4.78 is 19.1. The van der Waals surface area contributed by atoms with Gasteiger partial charge >= 0.3 is 0 Å². The molecule has 2 atom stereocenters. The van der Waals surface area contributed by atoms with Crippen LogP contribution < -0.4 is 10.1 Å². The van der Waals surface area contributed by atoms with E-state index in [2.05, 4.69) is 10.3 Å². The molecule has 1 aliphatic carbocycles. The van der Waals surface area contributed by atoms with E-state index in [0.717, 1.165) is 21.9 Å². The van der Waals surface area contributed by atoms with Crippen LogP contribution in [0.2, 0.25) is 0 Å². The summed E-state index contributed by atoms with van der Waals surface area (Å²) in [4.78, 5) is 18.1. The van der Waals surface area contributed by atoms with Crippen molar-refractivity contribution in [2.75, 3.05) is 12.4 Å². The van der Waals surface area contributed by atoms with E-state index in [0.29, 0.717) is 17.1 Å². The highest BCUT2D eigenvalue weighted by molar-refractivity contribution is 7.16. The van der Waals surface area contributed by atoms with Crippen molar-refractivity contribution in [3.05, 3.63) is 64.8 Å². The largest absolute Gasteiger partial charge is 0.497 e. The van der Waals surface area contributed by atoms with Gasteiger partial charge in [-0.1, -0.05) is 18.2 Å². The van der Waals surface area contributed by atoms with Crippen LogP contribution in [-0.4, -0.2) is 18.0 Å². The van der Waals surface area contributed by atoms with Crippen molar-refractivity contribution in [2.24, 2.45) is 5.92 Å². The molecule has 27 heavy (non-hydrogen) atoms. The molecule has 1 aromatic heterocycles. The molecule has 1 N–H and O–H groups in total. The van der Waals surface area contributed by atoms with Crippen molar-refractivity contribution in [1.82, 2.24) is 4.98 Å². The number of methoxy groups -OCH3 is 1. The highest BCUT2D eigenvalue weighted by Gasteiger charge is 2.45. The van der Waals surface area contributed by atoms with Gasteiger partial charge < -0.3 is 10.1 Å². The number of rotatable bonds is 5. The first-order chi connectivity index (χ1) is 13.1. The number of ether oxygens (including phenoxy) is 1. The second-order valence-corrected chi connectivity index (χ2v) is 7.81. The van der Waals surface area contributed by atoms with E-state index in [1.165, 1.54) is 17.4 Å². The third-order valence-electron chi connectivity index (χ3n) is 4.82. The summed E-state index contributed by atoms with van der Waals surface area (Å²) in [6, 6.07) is 14.3. The Labute approximate surface area is 161 Å². The van der Waals surface area contributed by atoms with E-state index in [-0.39, 0.29) is 23.6 Å². The quantitative estimate of drug-likeness (QED) is 0.675. The van der Waals surface area contributed by atoms with Gasteiger partial charge in [0.25, 0.3) is 0 Å². The maximum Gasteiger partial charge on any atom is 0.229 e. The molecule has 1 heterocycles. The third kappa shape index (κ3) is 3.57. The number of aromatic nitrogens is 1. The van der Waals surface area contributed by atoms with Crippen LogP contribution in [0.15, 0.2) is 48.5 Å². The molecular formula is C21H19FN2O2S. The van der Waals surface area contributed by atoms with Crippen LogP contribution in [0.3, 0.4) is 0 Å². The van der Waals surface area contributed by atoms with E-state index in [9.17, 15) is 9.18 Å². The molecule has 2 aromatic carbocycles. The van der Waals surface area contributed by atoms with Gasteiger partial charge in [0.05, 0.1) is 12.8 Å². The highest BCUT2D eigenvalue weighted by Crippen LogP contribution is 2.49. The lowest BCUT2D eigenvalue weighted by atomic mass is 10.1. The molecule has 138 valence electrons. The summed E-state index contributed by atoms with van der Waals surface area (Å²) in [5, 5.41) is 3.47. The number of benzene rings is 2. The summed E-state index contributed by atoms with van der Waals surface area (Å²) in [6.45, 7) is 1.98. The lowest BCUT2D eigenvalue weighted by molar-refractivity contribution is -0.117. The van der Waals surface area contributed by atoms with Gasteiger partial charge in [-0.3, -0.25) is 4.79 Å². The molecule has 0 spiro atoms. The van der Waals surface area contributed by atoms with E-state index < -0.39 is 0 Å². The van der Waals surface area contributed by atoms with E-state index >= 15 is 0 Å². The van der Waals surface area contributed by atoms with Crippen LogP contribution in [0.1, 0.15) is 22.8 Å². The first-order valence-corrected chi connectivity index (χ1v) is 9.55. The van der Waals surface area contributed by atoms with Gasteiger partial charge in [0.2, 0.25) is 5.91 Å². The molecule has 4 nitrogen and oxygen atoms in total. The number of anilines is 1. The van der Waals surface area contributed by atoms with E-state index in [4.69, 9.17) is 4.74 Å². The Morgan fingerprint density at radius 1 is 1.22 bits per heavy atom. The Kier molecular flexibility index (Phi) is 4.66. The fourth-order valence-corrected chi connectivity index (χ4v) is 4.11. The van der Waals surface area contributed by atoms with Crippen LogP contribution in [0, 0.1) is 18.7 Å². The van der Waals surface area contributed by atoms with Gasteiger partial charge in [-0.05, 0) is 55.2 Å². The van der Waals surface area contributed by atoms with Gasteiger partial charge in [-0.2, -0.15) is 0 Å². The number of nitrogens with one attached hydrogen (secondary N) is 1. The minimum atomic E-state index is -0.246. The molecule has 0 saturated heterocycles. The molecule has 1 aliphatic rings. The maximum absolute atomic E-state index is 13.9. The van der Waals surface area contributed by atoms with Crippen molar-refractivity contribution in [2.45, 2.75) is 19.3 Å². The summed E-state index contributed by atoms with van der Waals surface area (Å²) in [5.74, 6) is 0.194. The highest BCUT2D eigenvalue weighted by atomic mass is 32.1. The molecule has 0 aliphatic heterocycles. The number of hydrogen-bond donors (Lipinski definition) is 1. The Balaban J connectivity index is 1.46. The zero-order valence-corrected chi connectivity index (χ0v) is 15.8. The van der Waals surface area contributed by atoms with Crippen molar-refractivity contribution in [3.8, 4) is 17.0 Å². The standard InChI is InChI=1S/C21H19FN2O2S/c1-12-19(13-7-9-14(26-2)10-8-13)23-21(27-12)24-20(25)17-11-16(17)15-5-3-4-6-18(15)22/h3-10,16-17H,11H2,1-2H3,(H,23,24,25). The molecule has 3 aromatic rings. The summed E-state index contributed by atoms with van der Waals surface area (Å²) >= 11 is 1.44. The Hall–Kier alpha value is -2.73. The number of thiazole rings is 1. The molecule has 2 unspecified atom stereocenters. The minimum Gasteiger partial charge on any atom is -0.497 e. The Bertz CT molecular complexity index is 984. The fourth-order valence-electron chi connectivity index (χ4n) is 3.27. The summed E-state index contributed by atoms with van der Waals surface area (Å²) in [5.41, 5.74) is 2.44. The van der Waals surface area contributed by atoms with Crippen molar-refractivity contribution < 1.29 is 13.9 Å². The van der Waals surface area contributed by atoms with Gasteiger partial charge in [-0.25, -0.2) is 9.37 Å². The third-order valence-corrected chi connectivity index (χ3v) is 5.71. The fraction of sp³-hybridized carbons (Fsp3) is 0.238. The number of carbonyl (C=O) groups is 1. The first kappa shape index (κ1) is 17.7. The number of carbonyl (C=O) groups excluding carboxylic acids is 1. The van der Waals surface area contributed by atoms with Crippen molar-refractivity contribution in [1.29, 1.82) is 0 Å². The Morgan fingerprint density at radius 3 is 2.67 bits per heavy atom. The molecule has 6 heteroatoms. The molecule has 4 rings (SSSR count). The molecule has 0 bridgehead atoms. The van der Waals surface area contributed by atoms with Crippen molar-refractivity contribution >= 4 is 22.4 Å². The minimum absolute atomic E-state index is 0.0479. The number of aryl methyl sites for hydroxylation is 1. The van der Waals surface area contributed by atoms with Crippen LogP contribution in [0.5, 0.6) is 5.75 Å². The van der Waals surface area contributed by atoms with Gasteiger partial charge in [0, 0.05) is 16.4 Å². The molecular weight excluding hydrogens is 363 g/mol. The maximum atomic E-state index is 13.9. The summed E-state index contributed by atoms with van der Waals surface area (Å²) in [7, 11) is 1.63. The zero-order valence-electron chi connectivity index (χ0n) is 15.0. The lowest BCUT2D eigenvalue weighted by Crippen LogP contribution is -2.14. The topological polar surface area (TPSA) is 51.2 Å². The van der Waals surface area contributed by atoms with Crippen LogP contribution in [0.4, 0.5) is 9.52 Å². The van der Waals surface area contributed by atoms with E-state index in [1.807, 2.05) is 31.2 Å². The summed E-state index contributed by atoms with van der Waals surface area (Å²) in [6.07, 6.45) is 0.669. The predicted molar refractivity (Wildman–Crippen MR) is 105 cm³/mol. The normalized spacial score (nSPS) is 18.2. The van der Waals surface area contributed by atoms with E-state index in [1.54, 1.807) is 25.3 Å². The van der Waals surface area contributed by atoms with Crippen LogP contribution >= 0.6 is 11.3 Å². The number of amides is 1. The van der Waals surface area contributed by atoms with Crippen LogP contribution in [0.25, 0.3) is 11.3 Å². The average molecular weight is 382 g/mol. The van der Waals surface area contributed by atoms with Gasteiger partial charge in [0.15, 0.2) is 5.13 Å². The van der Waals surface area contributed by atoms with Crippen LogP contribution in [-0.2, 0) is 4.79 Å². The average Bonchev–Trinajstić information content (AvgIpc) is 3.39.